The van der Waals surface area contributed by atoms with Gasteiger partial charge in [-0.1, -0.05) is 66.8 Å². The first-order valence-corrected chi connectivity index (χ1v) is 11.3. The summed E-state index contributed by atoms with van der Waals surface area (Å²) in [6.45, 7) is 0. The van der Waals surface area contributed by atoms with Gasteiger partial charge < -0.3 is 4.42 Å². The van der Waals surface area contributed by atoms with Crippen molar-refractivity contribution in [2.45, 2.75) is 30.9 Å². The molecule has 5 heteroatoms. The average Bonchev–Trinajstić information content (AvgIpc) is 3.47. The second kappa shape index (κ2) is 6.98. The van der Waals surface area contributed by atoms with E-state index in [0.717, 1.165) is 38.9 Å². The Hall–Kier alpha value is -3.07. The van der Waals surface area contributed by atoms with E-state index in [2.05, 4.69) is 69.2 Å². The average molecular weight is 402 g/mol. The SMILES string of the molecule is BC(B)(c1ccnc(-c2ccc3c(c2)oc2ncc4ccccc4c23)c1)C1CCCC1. The summed E-state index contributed by atoms with van der Waals surface area (Å²) in [5, 5.41) is 4.66. The van der Waals surface area contributed by atoms with Crippen LogP contribution in [-0.4, -0.2) is 25.7 Å². The molecule has 6 rings (SSSR count). The predicted molar refractivity (Wildman–Crippen MR) is 133 cm³/mol. The number of aromatic nitrogens is 2. The maximum absolute atomic E-state index is 6.16. The Kier molecular flexibility index (Phi) is 4.21. The predicted octanol–water partition coefficient (Wildman–Crippen LogP) is 4.81. The lowest BCUT2D eigenvalue weighted by atomic mass is 9.45. The number of pyridine rings is 2. The highest BCUT2D eigenvalue weighted by Gasteiger charge is 2.33. The quantitative estimate of drug-likeness (QED) is 0.407. The van der Waals surface area contributed by atoms with Crippen LogP contribution in [0.2, 0.25) is 0 Å². The van der Waals surface area contributed by atoms with Gasteiger partial charge in [-0.25, -0.2) is 4.98 Å². The maximum atomic E-state index is 6.16. The van der Waals surface area contributed by atoms with E-state index in [1.807, 2.05) is 18.5 Å². The zero-order valence-corrected chi connectivity index (χ0v) is 18.1. The van der Waals surface area contributed by atoms with Gasteiger partial charge in [-0.05, 0) is 35.6 Å². The molecule has 0 spiro atoms. The standard InChI is InChI=1S/C26H24B2N2O/c27-26(28,18-6-2-3-7-18)19-11-12-29-22(14-19)16-9-10-21-23(13-16)31-25-24(21)20-8-4-1-5-17(20)15-30-25/h1,4-5,8-15,18H,2-3,6-7,27-28H2. The lowest BCUT2D eigenvalue weighted by Gasteiger charge is -2.32. The number of benzene rings is 2. The summed E-state index contributed by atoms with van der Waals surface area (Å²) in [7, 11) is 4.78. The second-order valence-electron chi connectivity index (χ2n) is 9.47. The van der Waals surface area contributed by atoms with Crippen LogP contribution in [0.15, 0.2) is 71.4 Å². The van der Waals surface area contributed by atoms with Gasteiger partial charge in [0.15, 0.2) is 0 Å². The van der Waals surface area contributed by atoms with Crippen LogP contribution in [0, 0.1) is 5.92 Å². The molecule has 0 atom stereocenters. The number of hydrogen-bond acceptors (Lipinski definition) is 3. The molecule has 1 aliphatic carbocycles. The summed E-state index contributed by atoms with van der Waals surface area (Å²) in [5.74, 6) is 0.750. The molecule has 3 aromatic heterocycles. The summed E-state index contributed by atoms with van der Waals surface area (Å²) >= 11 is 0. The van der Waals surface area contributed by atoms with Gasteiger partial charge in [0.2, 0.25) is 5.71 Å². The molecule has 3 heterocycles. The van der Waals surface area contributed by atoms with Crippen molar-refractivity contribution >= 4 is 48.5 Å². The molecule has 0 unspecified atom stereocenters. The topological polar surface area (TPSA) is 38.9 Å². The highest BCUT2D eigenvalue weighted by Crippen LogP contribution is 2.39. The van der Waals surface area contributed by atoms with E-state index < -0.39 is 0 Å². The van der Waals surface area contributed by atoms with Crippen molar-refractivity contribution in [3.63, 3.8) is 0 Å². The van der Waals surface area contributed by atoms with Crippen LogP contribution in [0.3, 0.4) is 0 Å². The lowest BCUT2D eigenvalue weighted by Crippen LogP contribution is -2.35. The number of hydrogen-bond donors (Lipinski definition) is 0. The van der Waals surface area contributed by atoms with E-state index in [0.29, 0.717) is 5.71 Å². The first-order valence-electron chi connectivity index (χ1n) is 11.3. The van der Waals surface area contributed by atoms with Crippen LogP contribution in [0.1, 0.15) is 31.2 Å². The van der Waals surface area contributed by atoms with Gasteiger partial charge >= 0.3 is 0 Å². The molecule has 0 N–H and O–H groups in total. The first kappa shape index (κ1) is 18.7. The molecule has 1 fully saturated rings. The Morgan fingerprint density at radius 2 is 1.74 bits per heavy atom. The van der Waals surface area contributed by atoms with Crippen LogP contribution in [0.25, 0.3) is 44.1 Å². The van der Waals surface area contributed by atoms with Crippen molar-refractivity contribution in [1.29, 1.82) is 0 Å². The van der Waals surface area contributed by atoms with Crippen LogP contribution in [-0.2, 0) is 5.21 Å². The molecule has 1 aliphatic rings. The van der Waals surface area contributed by atoms with Crippen molar-refractivity contribution in [3.8, 4) is 11.3 Å². The summed E-state index contributed by atoms with van der Waals surface area (Å²) in [6.07, 6.45) is 9.22. The minimum atomic E-state index is 0.167. The molecule has 0 saturated heterocycles. The summed E-state index contributed by atoms with van der Waals surface area (Å²) in [5.41, 5.74) is 5.01. The fourth-order valence-electron chi connectivity index (χ4n) is 5.43. The van der Waals surface area contributed by atoms with Crippen molar-refractivity contribution in [3.05, 3.63) is 72.6 Å². The largest absolute Gasteiger partial charge is 0.438 e. The highest BCUT2D eigenvalue weighted by molar-refractivity contribution is 6.40. The molecule has 1 saturated carbocycles. The molecule has 31 heavy (non-hydrogen) atoms. The normalized spacial score (nSPS) is 15.4. The van der Waals surface area contributed by atoms with Gasteiger partial charge in [-0.15, -0.1) is 0 Å². The highest BCUT2D eigenvalue weighted by atomic mass is 16.3. The molecule has 0 bridgehead atoms. The van der Waals surface area contributed by atoms with E-state index in [9.17, 15) is 0 Å². The Morgan fingerprint density at radius 3 is 2.61 bits per heavy atom. The van der Waals surface area contributed by atoms with Crippen LogP contribution < -0.4 is 0 Å². The van der Waals surface area contributed by atoms with Gasteiger partial charge in [-0.3, -0.25) is 4.98 Å². The van der Waals surface area contributed by atoms with Crippen LogP contribution in [0.4, 0.5) is 0 Å². The van der Waals surface area contributed by atoms with Crippen molar-refractivity contribution in [2.75, 3.05) is 0 Å². The summed E-state index contributed by atoms with van der Waals surface area (Å²) < 4.78 is 6.16. The number of furan rings is 1. The minimum absolute atomic E-state index is 0.167. The lowest BCUT2D eigenvalue weighted by molar-refractivity contribution is 0.486. The maximum Gasteiger partial charge on any atom is 0.227 e. The Bertz CT molecular complexity index is 1430. The van der Waals surface area contributed by atoms with Gasteiger partial charge in [0.1, 0.15) is 21.3 Å². The summed E-state index contributed by atoms with van der Waals surface area (Å²) in [6, 6.07) is 19.2. The molecule has 5 aromatic rings. The Morgan fingerprint density at radius 1 is 0.903 bits per heavy atom. The summed E-state index contributed by atoms with van der Waals surface area (Å²) in [4.78, 5) is 9.26. The van der Waals surface area contributed by atoms with E-state index in [4.69, 9.17) is 9.40 Å². The van der Waals surface area contributed by atoms with E-state index in [-0.39, 0.29) is 5.21 Å². The van der Waals surface area contributed by atoms with Crippen LogP contribution >= 0.6 is 0 Å². The van der Waals surface area contributed by atoms with E-state index >= 15 is 0 Å². The van der Waals surface area contributed by atoms with Gasteiger partial charge in [0.25, 0.3) is 0 Å². The van der Waals surface area contributed by atoms with E-state index in [1.54, 1.807) is 0 Å². The zero-order valence-electron chi connectivity index (χ0n) is 18.1. The number of rotatable bonds is 3. The molecular formula is C26H24B2N2O. The molecule has 0 radical (unpaired) electrons. The molecule has 0 aliphatic heterocycles. The van der Waals surface area contributed by atoms with E-state index in [1.165, 1.54) is 36.6 Å². The number of nitrogens with zero attached hydrogens (tertiary/aromatic N) is 2. The first-order chi connectivity index (χ1) is 15.1. The zero-order chi connectivity index (χ0) is 21.0. The van der Waals surface area contributed by atoms with Gasteiger partial charge in [-0.2, -0.15) is 0 Å². The third-order valence-electron chi connectivity index (χ3n) is 7.40. The molecule has 2 aromatic carbocycles. The Balaban J connectivity index is 1.46. The van der Waals surface area contributed by atoms with Crippen LogP contribution in [0.5, 0.6) is 0 Å². The van der Waals surface area contributed by atoms with Gasteiger partial charge in [0, 0.05) is 28.7 Å². The van der Waals surface area contributed by atoms with Crippen molar-refractivity contribution in [2.24, 2.45) is 5.92 Å². The molecule has 3 nitrogen and oxygen atoms in total. The number of fused-ring (bicyclic) bond motifs is 5. The fraction of sp³-hybridized carbons (Fsp3) is 0.231. The van der Waals surface area contributed by atoms with Crippen molar-refractivity contribution in [1.82, 2.24) is 9.97 Å². The monoisotopic (exact) mass is 402 g/mol. The minimum Gasteiger partial charge on any atom is -0.438 e. The third-order valence-corrected chi connectivity index (χ3v) is 7.40. The third kappa shape index (κ3) is 2.98. The Labute approximate surface area is 183 Å². The van der Waals surface area contributed by atoms with Crippen molar-refractivity contribution < 1.29 is 4.42 Å². The molecular weight excluding hydrogens is 378 g/mol. The van der Waals surface area contributed by atoms with Gasteiger partial charge in [0.05, 0.1) is 11.1 Å². The fourth-order valence-corrected chi connectivity index (χ4v) is 5.43. The molecule has 150 valence electrons. The second-order valence-corrected chi connectivity index (χ2v) is 9.47. The smallest absolute Gasteiger partial charge is 0.227 e. The molecule has 0 amide bonds.